The third-order valence-electron chi connectivity index (χ3n) is 6.68. The molecular weight excluding hydrogens is 434 g/mol. The van der Waals surface area contributed by atoms with Crippen LogP contribution in [0.4, 0.5) is 11.4 Å². The number of Topliss-reactive ketones (excluding diaryl/α,β-unsaturated/α-hetero) is 1. The third-order valence-corrected chi connectivity index (χ3v) is 7.61. The standard InChI is InChI=1S/C26H31N3O3S/c1-26(2)13-19-24(21(30)14-26)25(22-10-6-12-33-22)29(20-9-4-3-8-18(20)28-19)16-23(31)27-15-17-7-5-11-32-17/h3-4,6,8-10,12,17,25,28H,5,7,11,13-16H2,1-2H3,(H,27,31)/t17-,25-/m0/s1. The first kappa shape index (κ1) is 22.2. The lowest BCUT2D eigenvalue weighted by molar-refractivity contribution is -0.121. The van der Waals surface area contributed by atoms with Gasteiger partial charge in [-0.1, -0.05) is 32.0 Å². The maximum atomic E-state index is 13.5. The van der Waals surface area contributed by atoms with Crippen LogP contribution in [-0.2, 0) is 14.3 Å². The smallest absolute Gasteiger partial charge is 0.239 e. The Morgan fingerprint density at radius 2 is 2.09 bits per heavy atom. The van der Waals surface area contributed by atoms with E-state index in [1.54, 1.807) is 11.3 Å². The molecule has 0 bridgehead atoms. The predicted molar refractivity (Wildman–Crippen MR) is 132 cm³/mol. The zero-order chi connectivity index (χ0) is 23.0. The Morgan fingerprint density at radius 3 is 2.85 bits per heavy atom. The van der Waals surface area contributed by atoms with Crippen LogP contribution < -0.4 is 15.5 Å². The van der Waals surface area contributed by atoms with Gasteiger partial charge in [0, 0.05) is 35.7 Å². The highest BCUT2D eigenvalue weighted by Gasteiger charge is 2.42. The molecule has 1 fully saturated rings. The van der Waals surface area contributed by atoms with Gasteiger partial charge in [-0.15, -0.1) is 11.3 Å². The summed E-state index contributed by atoms with van der Waals surface area (Å²) < 4.78 is 5.67. The second-order valence-electron chi connectivity index (χ2n) is 9.96. The number of hydrogen-bond acceptors (Lipinski definition) is 6. The Kier molecular flexibility index (Phi) is 6.01. The molecule has 1 amide bonds. The van der Waals surface area contributed by atoms with Crippen molar-refractivity contribution >= 4 is 34.4 Å². The lowest BCUT2D eigenvalue weighted by Gasteiger charge is -2.37. The molecule has 3 heterocycles. The van der Waals surface area contributed by atoms with Gasteiger partial charge in [-0.3, -0.25) is 9.59 Å². The summed E-state index contributed by atoms with van der Waals surface area (Å²) in [5.74, 6) is 0.0965. The summed E-state index contributed by atoms with van der Waals surface area (Å²) in [4.78, 5) is 29.8. The van der Waals surface area contributed by atoms with E-state index >= 15 is 0 Å². The summed E-state index contributed by atoms with van der Waals surface area (Å²) in [7, 11) is 0. The number of ketones is 1. The van der Waals surface area contributed by atoms with E-state index in [1.165, 1.54) is 0 Å². The van der Waals surface area contributed by atoms with Crippen LogP contribution in [0.5, 0.6) is 0 Å². The zero-order valence-corrected chi connectivity index (χ0v) is 20.0. The Balaban J connectivity index is 1.54. The van der Waals surface area contributed by atoms with Gasteiger partial charge in [-0.2, -0.15) is 0 Å². The van der Waals surface area contributed by atoms with Crippen LogP contribution in [0.2, 0.25) is 0 Å². The van der Waals surface area contributed by atoms with Crippen LogP contribution in [0.3, 0.4) is 0 Å². The molecule has 2 aromatic rings. The molecule has 0 saturated carbocycles. The van der Waals surface area contributed by atoms with Gasteiger partial charge in [0.25, 0.3) is 0 Å². The number of nitrogens with zero attached hydrogens (tertiary/aromatic N) is 1. The fourth-order valence-electron chi connectivity index (χ4n) is 5.21. The number of carbonyl (C=O) groups is 2. The number of nitrogens with one attached hydrogen (secondary N) is 2. The summed E-state index contributed by atoms with van der Waals surface area (Å²) in [5.41, 5.74) is 3.53. The molecule has 174 valence electrons. The number of hydrogen-bond donors (Lipinski definition) is 2. The number of ether oxygens (including phenoxy) is 1. The van der Waals surface area contributed by atoms with E-state index < -0.39 is 0 Å². The Bertz CT molecular complexity index is 1070. The molecule has 5 rings (SSSR count). The molecular formula is C26H31N3O3S. The van der Waals surface area contributed by atoms with Crippen molar-refractivity contribution in [2.24, 2.45) is 5.41 Å². The molecule has 0 unspecified atom stereocenters. The molecule has 2 N–H and O–H groups in total. The van der Waals surface area contributed by atoms with Gasteiger partial charge in [-0.25, -0.2) is 0 Å². The highest BCUT2D eigenvalue weighted by atomic mass is 32.1. The van der Waals surface area contributed by atoms with Crippen molar-refractivity contribution in [1.82, 2.24) is 5.32 Å². The highest BCUT2D eigenvalue weighted by molar-refractivity contribution is 7.10. The summed E-state index contributed by atoms with van der Waals surface area (Å²) >= 11 is 1.63. The molecule has 6 nitrogen and oxygen atoms in total. The normalized spacial score (nSPS) is 24.1. The van der Waals surface area contributed by atoms with Gasteiger partial charge < -0.3 is 20.3 Å². The van der Waals surface area contributed by atoms with Crippen LogP contribution in [0, 0.1) is 5.41 Å². The predicted octanol–water partition coefficient (Wildman–Crippen LogP) is 4.66. The monoisotopic (exact) mass is 465 g/mol. The van der Waals surface area contributed by atoms with Crippen molar-refractivity contribution in [1.29, 1.82) is 0 Å². The van der Waals surface area contributed by atoms with E-state index in [9.17, 15) is 9.59 Å². The quantitative estimate of drug-likeness (QED) is 0.672. The van der Waals surface area contributed by atoms with Crippen molar-refractivity contribution in [3.63, 3.8) is 0 Å². The van der Waals surface area contributed by atoms with Crippen LogP contribution >= 0.6 is 11.3 Å². The minimum atomic E-state index is -0.298. The molecule has 1 saturated heterocycles. The summed E-state index contributed by atoms with van der Waals surface area (Å²) in [6, 6.07) is 11.8. The van der Waals surface area contributed by atoms with Crippen molar-refractivity contribution in [2.45, 2.75) is 51.7 Å². The van der Waals surface area contributed by atoms with E-state index in [1.807, 2.05) is 35.7 Å². The van der Waals surface area contributed by atoms with Crippen LogP contribution in [0.25, 0.3) is 0 Å². The van der Waals surface area contributed by atoms with Crippen LogP contribution in [0.1, 0.15) is 50.4 Å². The minimum absolute atomic E-state index is 0.0607. The van der Waals surface area contributed by atoms with E-state index in [-0.39, 0.29) is 35.8 Å². The van der Waals surface area contributed by atoms with Gasteiger partial charge >= 0.3 is 0 Å². The van der Waals surface area contributed by atoms with Gasteiger partial charge in [0.05, 0.1) is 30.1 Å². The van der Waals surface area contributed by atoms with Gasteiger partial charge in [-0.05, 0) is 48.3 Å². The van der Waals surface area contributed by atoms with Gasteiger partial charge in [0.1, 0.15) is 0 Å². The lowest BCUT2D eigenvalue weighted by atomic mass is 9.74. The number of benzene rings is 1. The fraction of sp³-hybridized carbons (Fsp3) is 0.462. The van der Waals surface area contributed by atoms with Crippen LogP contribution in [-0.4, -0.2) is 37.5 Å². The molecule has 1 aromatic heterocycles. The molecule has 7 heteroatoms. The molecule has 33 heavy (non-hydrogen) atoms. The Hall–Kier alpha value is -2.64. The topological polar surface area (TPSA) is 70.7 Å². The number of allylic oxidation sites excluding steroid dienone is 1. The molecule has 2 atom stereocenters. The molecule has 0 spiro atoms. The van der Waals surface area contributed by atoms with E-state index in [0.717, 1.165) is 53.4 Å². The first-order chi connectivity index (χ1) is 15.9. The first-order valence-corrected chi connectivity index (χ1v) is 12.6. The van der Waals surface area contributed by atoms with Crippen molar-refractivity contribution in [3.05, 3.63) is 57.9 Å². The van der Waals surface area contributed by atoms with Crippen molar-refractivity contribution in [3.8, 4) is 0 Å². The fourth-order valence-corrected chi connectivity index (χ4v) is 6.06. The molecule has 2 aliphatic heterocycles. The number of anilines is 2. The van der Waals surface area contributed by atoms with Gasteiger partial charge in [0.2, 0.25) is 5.91 Å². The first-order valence-electron chi connectivity index (χ1n) is 11.7. The third kappa shape index (κ3) is 4.57. The summed E-state index contributed by atoms with van der Waals surface area (Å²) in [6.45, 7) is 5.74. The zero-order valence-electron chi connectivity index (χ0n) is 19.2. The maximum absolute atomic E-state index is 13.5. The van der Waals surface area contributed by atoms with Crippen molar-refractivity contribution in [2.75, 3.05) is 29.9 Å². The molecule has 1 aliphatic carbocycles. The largest absolute Gasteiger partial charge is 0.376 e. The number of amides is 1. The SMILES string of the molecule is CC1(C)CC(=O)C2=C(C1)Nc1ccccc1N(CC(=O)NC[C@@H]1CCCO1)[C@H]2c1cccs1. The second-order valence-corrected chi connectivity index (χ2v) is 10.9. The Morgan fingerprint density at radius 1 is 1.24 bits per heavy atom. The second kappa shape index (κ2) is 8.95. The number of para-hydroxylation sites is 2. The lowest BCUT2D eigenvalue weighted by Crippen LogP contribution is -2.43. The Labute approximate surface area is 199 Å². The number of fused-ring (bicyclic) bond motifs is 1. The molecule has 1 aromatic carbocycles. The molecule has 3 aliphatic rings. The van der Waals surface area contributed by atoms with Gasteiger partial charge in [0.15, 0.2) is 5.78 Å². The maximum Gasteiger partial charge on any atom is 0.239 e. The molecule has 0 radical (unpaired) electrons. The number of rotatable bonds is 5. The summed E-state index contributed by atoms with van der Waals surface area (Å²) in [5, 5.41) is 8.69. The highest BCUT2D eigenvalue weighted by Crippen LogP contribution is 2.48. The van der Waals surface area contributed by atoms with E-state index in [0.29, 0.717) is 13.0 Å². The average Bonchev–Trinajstić information content (AvgIpc) is 3.46. The van der Waals surface area contributed by atoms with E-state index in [4.69, 9.17) is 4.74 Å². The van der Waals surface area contributed by atoms with Crippen LogP contribution in [0.15, 0.2) is 53.0 Å². The van der Waals surface area contributed by atoms with E-state index in [2.05, 4.69) is 35.4 Å². The number of thiophene rings is 1. The minimum Gasteiger partial charge on any atom is -0.376 e. The number of carbonyl (C=O) groups excluding carboxylic acids is 2. The average molecular weight is 466 g/mol. The van der Waals surface area contributed by atoms with Crippen molar-refractivity contribution < 1.29 is 14.3 Å². The summed E-state index contributed by atoms with van der Waals surface area (Å²) in [6.07, 6.45) is 3.42.